The topological polar surface area (TPSA) is 59.0 Å². The van der Waals surface area contributed by atoms with Crippen LogP contribution in [-0.2, 0) is 0 Å². The molecule has 0 spiro atoms. The van der Waals surface area contributed by atoms with E-state index >= 15 is 0 Å². The van der Waals surface area contributed by atoms with Gasteiger partial charge in [-0.05, 0) is 30.7 Å². The molecule has 2 N–H and O–H groups in total. The summed E-state index contributed by atoms with van der Waals surface area (Å²) in [5.41, 5.74) is 6.76. The van der Waals surface area contributed by atoms with Crippen molar-refractivity contribution in [1.82, 2.24) is 0 Å². The van der Waals surface area contributed by atoms with Gasteiger partial charge in [-0.2, -0.15) is 5.26 Å². The molecule has 0 heterocycles. The maximum Gasteiger partial charge on any atom is 0.168 e. The summed E-state index contributed by atoms with van der Waals surface area (Å²) in [6.07, 6.45) is 0. The fraction of sp³-hybridized carbons (Fsp3) is 0.0714. The van der Waals surface area contributed by atoms with Gasteiger partial charge in [0.05, 0.1) is 11.3 Å². The number of nitrogens with zero attached hydrogens (tertiary/aromatic N) is 1. The Labute approximate surface area is 104 Å². The van der Waals surface area contributed by atoms with Crippen LogP contribution in [0.3, 0.4) is 0 Å². The minimum Gasteiger partial charge on any atom is -0.452 e. The van der Waals surface area contributed by atoms with E-state index in [0.29, 0.717) is 11.1 Å². The minimum atomic E-state index is -0.431. The lowest BCUT2D eigenvalue weighted by molar-refractivity contribution is 0.442. The second-order valence-electron chi connectivity index (χ2n) is 3.82. The van der Waals surface area contributed by atoms with Crippen LogP contribution in [0.4, 0.5) is 10.1 Å². The van der Waals surface area contributed by atoms with Crippen molar-refractivity contribution in [3.63, 3.8) is 0 Å². The summed E-state index contributed by atoms with van der Waals surface area (Å²) in [6, 6.07) is 11.6. The van der Waals surface area contributed by atoms with Crippen LogP contribution < -0.4 is 10.5 Å². The fourth-order valence-corrected chi connectivity index (χ4v) is 1.55. The van der Waals surface area contributed by atoms with Gasteiger partial charge in [-0.25, -0.2) is 4.39 Å². The number of nitriles is 1. The highest BCUT2D eigenvalue weighted by Crippen LogP contribution is 2.31. The molecule has 0 saturated heterocycles. The normalized spacial score (nSPS) is 9.83. The molecular formula is C14H11FN2O. The molecule has 0 bridgehead atoms. The van der Waals surface area contributed by atoms with E-state index in [9.17, 15) is 4.39 Å². The number of hydrogen-bond acceptors (Lipinski definition) is 3. The van der Waals surface area contributed by atoms with Gasteiger partial charge in [0.2, 0.25) is 0 Å². The van der Waals surface area contributed by atoms with E-state index in [0.717, 1.165) is 0 Å². The summed E-state index contributed by atoms with van der Waals surface area (Å²) in [5.74, 6) is -0.0606. The zero-order valence-electron chi connectivity index (χ0n) is 9.77. The molecule has 3 nitrogen and oxygen atoms in total. The molecule has 0 radical (unpaired) electrons. The van der Waals surface area contributed by atoms with Crippen LogP contribution in [0.1, 0.15) is 11.1 Å². The van der Waals surface area contributed by atoms with Crippen molar-refractivity contribution in [2.45, 2.75) is 6.92 Å². The number of aryl methyl sites for hydroxylation is 1. The smallest absolute Gasteiger partial charge is 0.168 e. The van der Waals surface area contributed by atoms with Gasteiger partial charge in [-0.15, -0.1) is 0 Å². The van der Waals surface area contributed by atoms with Crippen LogP contribution in [0.15, 0.2) is 36.4 Å². The summed E-state index contributed by atoms with van der Waals surface area (Å²) in [5, 5.41) is 8.85. The van der Waals surface area contributed by atoms with Crippen LogP contribution in [0.5, 0.6) is 11.5 Å². The molecule has 0 fully saturated rings. The van der Waals surface area contributed by atoms with E-state index in [1.54, 1.807) is 37.3 Å². The lowest BCUT2D eigenvalue weighted by atomic mass is 10.2. The van der Waals surface area contributed by atoms with Crippen LogP contribution in [0, 0.1) is 24.1 Å². The molecular weight excluding hydrogens is 231 g/mol. The second-order valence-corrected chi connectivity index (χ2v) is 3.82. The summed E-state index contributed by atoms with van der Waals surface area (Å²) in [6.45, 7) is 1.65. The summed E-state index contributed by atoms with van der Waals surface area (Å²) in [7, 11) is 0. The number of para-hydroxylation sites is 1. The molecule has 0 atom stereocenters. The van der Waals surface area contributed by atoms with Gasteiger partial charge in [0.15, 0.2) is 17.3 Å². The van der Waals surface area contributed by atoms with E-state index < -0.39 is 5.82 Å². The lowest BCUT2D eigenvalue weighted by Gasteiger charge is -2.10. The highest BCUT2D eigenvalue weighted by atomic mass is 19.1. The van der Waals surface area contributed by atoms with Crippen LogP contribution in [0.2, 0.25) is 0 Å². The Morgan fingerprint density at radius 3 is 2.56 bits per heavy atom. The molecule has 0 aliphatic rings. The van der Waals surface area contributed by atoms with Crippen molar-refractivity contribution in [2.24, 2.45) is 0 Å². The average Bonchev–Trinajstić information content (AvgIpc) is 2.37. The van der Waals surface area contributed by atoms with Crippen molar-refractivity contribution >= 4 is 5.69 Å². The van der Waals surface area contributed by atoms with Gasteiger partial charge >= 0.3 is 0 Å². The largest absolute Gasteiger partial charge is 0.452 e. The van der Waals surface area contributed by atoms with E-state index in [2.05, 4.69) is 0 Å². The summed E-state index contributed by atoms with van der Waals surface area (Å²) < 4.78 is 19.2. The maximum absolute atomic E-state index is 13.8. The third kappa shape index (κ3) is 2.11. The van der Waals surface area contributed by atoms with Crippen molar-refractivity contribution < 1.29 is 9.13 Å². The first kappa shape index (κ1) is 11.9. The number of halogens is 1. The predicted octanol–water partition coefficient (Wildman–Crippen LogP) is 3.38. The Hall–Kier alpha value is -2.54. The monoisotopic (exact) mass is 242 g/mol. The predicted molar refractivity (Wildman–Crippen MR) is 66.8 cm³/mol. The second kappa shape index (κ2) is 4.76. The minimum absolute atomic E-state index is 0.0942. The van der Waals surface area contributed by atoms with Crippen LogP contribution >= 0.6 is 0 Å². The van der Waals surface area contributed by atoms with Crippen molar-refractivity contribution in [3.05, 3.63) is 53.3 Å². The average molecular weight is 242 g/mol. The molecule has 2 rings (SSSR count). The molecule has 4 heteroatoms. The summed E-state index contributed by atoms with van der Waals surface area (Å²) in [4.78, 5) is 0. The van der Waals surface area contributed by atoms with Gasteiger partial charge < -0.3 is 10.5 Å². The molecule has 2 aromatic carbocycles. The number of hydrogen-bond donors (Lipinski definition) is 1. The number of anilines is 1. The quantitative estimate of drug-likeness (QED) is 0.821. The van der Waals surface area contributed by atoms with E-state index in [-0.39, 0.29) is 17.2 Å². The number of nitrogens with two attached hydrogens (primary N) is 1. The Morgan fingerprint density at radius 2 is 1.83 bits per heavy atom. The number of nitrogen functional groups attached to an aromatic ring is 1. The maximum atomic E-state index is 13.8. The van der Waals surface area contributed by atoms with E-state index in [1.165, 1.54) is 6.07 Å². The zero-order valence-corrected chi connectivity index (χ0v) is 9.77. The SMILES string of the molecule is Cc1cccc(Oc2cccc(C#N)c2N)c1F. The molecule has 90 valence electrons. The van der Waals surface area contributed by atoms with Crippen molar-refractivity contribution in [1.29, 1.82) is 5.26 Å². The molecule has 0 aliphatic carbocycles. The third-order valence-corrected chi connectivity index (χ3v) is 2.56. The van der Waals surface area contributed by atoms with Crippen molar-refractivity contribution in [2.75, 3.05) is 5.73 Å². The molecule has 0 aliphatic heterocycles. The van der Waals surface area contributed by atoms with Gasteiger partial charge in [-0.3, -0.25) is 0 Å². The van der Waals surface area contributed by atoms with Gasteiger partial charge in [0.1, 0.15) is 6.07 Å². The van der Waals surface area contributed by atoms with Gasteiger partial charge in [0, 0.05) is 0 Å². The molecule has 0 unspecified atom stereocenters. The van der Waals surface area contributed by atoms with Crippen molar-refractivity contribution in [3.8, 4) is 17.6 Å². The molecule has 0 aromatic heterocycles. The molecule has 0 amide bonds. The lowest BCUT2D eigenvalue weighted by Crippen LogP contribution is -1.97. The fourth-order valence-electron chi connectivity index (χ4n) is 1.55. The number of rotatable bonds is 2. The Morgan fingerprint density at radius 1 is 1.17 bits per heavy atom. The number of ether oxygens (including phenoxy) is 1. The molecule has 0 saturated carbocycles. The van der Waals surface area contributed by atoms with Gasteiger partial charge in [-0.1, -0.05) is 18.2 Å². The standard InChI is InChI=1S/C14H11FN2O/c1-9-4-2-6-11(13(9)15)18-12-7-3-5-10(8-16)14(12)17/h2-7H,17H2,1H3. The Balaban J connectivity index is 2.41. The van der Waals surface area contributed by atoms with E-state index in [4.69, 9.17) is 15.7 Å². The highest BCUT2D eigenvalue weighted by Gasteiger charge is 2.10. The molecule has 2 aromatic rings. The first-order chi connectivity index (χ1) is 8.63. The highest BCUT2D eigenvalue weighted by molar-refractivity contribution is 5.63. The third-order valence-electron chi connectivity index (χ3n) is 2.56. The van der Waals surface area contributed by atoms with Crippen LogP contribution in [0.25, 0.3) is 0 Å². The first-order valence-corrected chi connectivity index (χ1v) is 5.35. The zero-order chi connectivity index (χ0) is 13.1. The van der Waals surface area contributed by atoms with Gasteiger partial charge in [0.25, 0.3) is 0 Å². The van der Waals surface area contributed by atoms with E-state index in [1.807, 2.05) is 6.07 Å². The first-order valence-electron chi connectivity index (χ1n) is 5.35. The Kier molecular flexibility index (Phi) is 3.16. The van der Waals surface area contributed by atoms with Crippen LogP contribution in [-0.4, -0.2) is 0 Å². The summed E-state index contributed by atoms with van der Waals surface area (Å²) >= 11 is 0. The Bertz CT molecular complexity index is 632. The number of benzene rings is 2. The molecule has 18 heavy (non-hydrogen) atoms.